The number of carboxylic acid groups (broad SMARTS) is 1. The SMILES string of the molecule is C=CCNc1nn(-c2ccccc2F)nc1C(=O)O. The average molecular weight is 262 g/mol. The van der Waals surface area contributed by atoms with Gasteiger partial charge in [-0.05, 0) is 12.1 Å². The van der Waals surface area contributed by atoms with Crippen molar-refractivity contribution in [1.82, 2.24) is 15.0 Å². The summed E-state index contributed by atoms with van der Waals surface area (Å²) in [6.45, 7) is 3.83. The number of aromatic carboxylic acids is 1. The van der Waals surface area contributed by atoms with Crippen LogP contribution in [0.2, 0.25) is 0 Å². The molecule has 0 atom stereocenters. The lowest BCUT2D eigenvalue weighted by atomic mass is 10.3. The fourth-order valence-electron chi connectivity index (χ4n) is 1.46. The molecular weight excluding hydrogens is 251 g/mol. The van der Waals surface area contributed by atoms with E-state index in [0.29, 0.717) is 6.54 Å². The lowest BCUT2D eigenvalue weighted by molar-refractivity contribution is 0.0691. The zero-order valence-electron chi connectivity index (χ0n) is 9.88. The van der Waals surface area contributed by atoms with E-state index in [9.17, 15) is 9.18 Å². The third-order valence-electron chi connectivity index (χ3n) is 2.30. The minimum Gasteiger partial charge on any atom is -0.476 e. The van der Waals surface area contributed by atoms with E-state index in [-0.39, 0.29) is 17.2 Å². The molecule has 1 aromatic heterocycles. The lowest BCUT2D eigenvalue weighted by Gasteiger charge is -2.00. The maximum absolute atomic E-state index is 13.6. The van der Waals surface area contributed by atoms with Crippen molar-refractivity contribution in [2.75, 3.05) is 11.9 Å². The zero-order chi connectivity index (χ0) is 13.8. The molecule has 0 aliphatic rings. The number of aromatic nitrogens is 3. The molecule has 0 bridgehead atoms. The number of rotatable bonds is 5. The average Bonchev–Trinajstić information content (AvgIpc) is 2.81. The first kappa shape index (κ1) is 12.7. The Labute approximate surface area is 108 Å². The molecule has 0 fully saturated rings. The van der Waals surface area contributed by atoms with Gasteiger partial charge in [-0.3, -0.25) is 0 Å². The highest BCUT2D eigenvalue weighted by molar-refractivity contribution is 5.90. The number of nitrogens with one attached hydrogen (secondary N) is 1. The van der Waals surface area contributed by atoms with Gasteiger partial charge in [0.2, 0.25) is 5.69 Å². The second kappa shape index (κ2) is 5.30. The second-order valence-corrected chi connectivity index (χ2v) is 3.61. The van der Waals surface area contributed by atoms with E-state index in [0.717, 1.165) is 4.80 Å². The van der Waals surface area contributed by atoms with Gasteiger partial charge in [0.1, 0.15) is 5.69 Å². The summed E-state index contributed by atoms with van der Waals surface area (Å²) in [7, 11) is 0. The molecule has 1 heterocycles. The van der Waals surface area contributed by atoms with Gasteiger partial charge in [-0.25, -0.2) is 9.18 Å². The van der Waals surface area contributed by atoms with Gasteiger partial charge in [-0.15, -0.1) is 21.6 Å². The highest BCUT2D eigenvalue weighted by Gasteiger charge is 2.19. The normalized spacial score (nSPS) is 10.2. The van der Waals surface area contributed by atoms with Gasteiger partial charge in [0.05, 0.1) is 0 Å². The van der Waals surface area contributed by atoms with Crippen LogP contribution in [0.1, 0.15) is 10.5 Å². The molecule has 0 aliphatic carbocycles. The van der Waals surface area contributed by atoms with Crippen LogP contribution >= 0.6 is 0 Å². The monoisotopic (exact) mass is 262 g/mol. The smallest absolute Gasteiger partial charge is 0.360 e. The number of anilines is 1. The summed E-state index contributed by atoms with van der Waals surface area (Å²) in [5.74, 6) is -1.71. The fraction of sp³-hybridized carbons (Fsp3) is 0.0833. The number of halogens is 1. The molecule has 1 aromatic carbocycles. The van der Waals surface area contributed by atoms with Crippen molar-refractivity contribution in [2.45, 2.75) is 0 Å². The first-order valence-corrected chi connectivity index (χ1v) is 5.43. The molecule has 19 heavy (non-hydrogen) atoms. The third-order valence-corrected chi connectivity index (χ3v) is 2.30. The molecule has 0 unspecified atom stereocenters. The lowest BCUT2D eigenvalue weighted by Crippen LogP contribution is -2.05. The van der Waals surface area contributed by atoms with E-state index in [1.54, 1.807) is 12.1 Å². The van der Waals surface area contributed by atoms with E-state index < -0.39 is 11.8 Å². The molecular formula is C12H11FN4O2. The fourth-order valence-corrected chi connectivity index (χ4v) is 1.46. The Bertz CT molecular complexity index is 624. The van der Waals surface area contributed by atoms with Crippen LogP contribution in [0.15, 0.2) is 36.9 Å². The Kier molecular flexibility index (Phi) is 3.56. The minimum absolute atomic E-state index is 0.0654. The highest BCUT2D eigenvalue weighted by atomic mass is 19.1. The van der Waals surface area contributed by atoms with Crippen LogP contribution in [0, 0.1) is 5.82 Å². The molecule has 98 valence electrons. The van der Waals surface area contributed by atoms with E-state index in [2.05, 4.69) is 22.1 Å². The van der Waals surface area contributed by atoms with Gasteiger partial charge in [0.25, 0.3) is 0 Å². The molecule has 0 aliphatic heterocycles. The standard InChI is InChI=1S/C12H11FN4O2/c1-2-7-14-11-10(12(18)19)15-17(16-11)9-6-4-3-5-8(9)13/h2-6H,1,7H2,(H,14,16)(H,18,19). The van der Waals surface area contributed by atoms with Crippen LogP contribution in [0.5, 0.6) is 0 Å². The van der Waals surface area contributed by atoms with Crippen LogP contribution in [0.4, 0.5) is 10.2 Å². The van der Waals surface area contributed by atoms with Gasteiger partial charge in [0, 0.05) is 6.54 Å². The molecule has 7 heteroatoms. The van der Waals surface area contributed by atoms with E-state index in [4.69, 9.17) is 5.11 Å². The Morgan fingerprint density at radius 2 is 2.21 bits per heavy atom. The molecule has 2 aromatic rings. The van der Waals surface area contributed by atoms with Crippen molar-refractivity contribution in [3.63, 3.8) is 0 Å². The third kappa shape index (κ3) is 2.59. The number of carboxylic acids is 1. The molecule has 2 rings (SSSR count). The predicted molar refractivity (Wildman–Crippen MR) is 67.0 cm³/mol. The second-order valence-electron chi connectivity index (χ2n) is 3.61. The number of hydrogen-bond acceptors (Lipinski definition) is 4. The summed E-state index contributed by atoms with van der Waals surface area (Å²) in [6.07, 6.45) is 1.55. The summed E-state index contributed by atoms with van der Waals surface area (Å²) < 4.78 is 13.6. The number of hydrogen-bond donors (Lipinski definition) is 2. The maximum Gasteiger partial charge on any atom is 0.360 e. The number of nitrogens with zero attached hydrogens (tertiary/aromatic N) is 3. The molecule has 0 saturated heterocycles. The molecule has 0 radical (unpaired) electrons. The Balaban J connectivity index is 2.45. The van der Waals surface area contributed by atoms with Gasteiger partial charge < -0.3 is 10.4 Å². The summed E-state index contributed by atoms with van der Waals surface area (Å²) in [5, 5.41) is 19.4. The number of para-hydroxylation sites is 1. The van der Waals surface area contributed by atoms with Crippen molar-refractivity contribution in [3.8, 4) is 5.69 Å². The Morgan fingerprint density at radius 3 is 2.84 bits per heavy atom. The van der Waals surface area contributed by atoms with Gasteiger partial charge >= 0.3 is 5.97 Å². The highest BCUT2D eigenvalue weighted by Crippen LogP contribution is 2.15. The quantitative estimate of drug-likeness (QED) is 0.802. The van der Waals surface area contributed by atoms with E-state index in [1.807, 2.05) is 0 Å². The summed E-state index contributed by atoms with van der Waals surface area (Å²) in [4.78, 5) is 12.0. The van der Waals surface area contributed by atoms with Crippen molar-refractivity contribution in [3.05, 3.63) is 48.4 Å². The van der Waals surface area contributed by atoms with Gasteiger partial charge in [-0.2, -0.15) is 0 Å². The summed E-state index contributed by atoms with van der Waals surface area (Å²) in [5.41, 5.74) is -0.193. The largest absolute Gasteiger partial charge is 0.476 e. The van der Waals surface area contributed by atoms with E-state index in [1.165, 1.54) is 18.2 Å². The number of benzene rings is 1. The first-order valence-electron chi connectivity index (χ1n) is 5.43. The maximum atomic E-state index is 13.6. The minimum atomic E-state index is -1.24. The van der Waals surface area contributed by atoms with Crippen LogP contribution in [-0.2, 0) is 0 Å². The van der Waals surface area contributed by atoms with Crippen molar-refractivity contribution < 1.29 is 14.3 Å². The predicted octanol–water partition coefficient (Wildman–Crippen LogP) is 1.70. The van der Waals surface area contributed by atoms with Crippen molar-refractivity contribution in [2.24, 2.45) is 0 Å². The van der Waals surface area contributed by atoms with Crippen LogP contribution in [0.25, 0.3) is 5.69 Å². The Hall–Kier alpha value is -2.70. The van der Waals surface area contributed by atoms with E-state index >= 15 is 0 Å². The topological polar surface area (TPSA) is 80.0 Å². The Morgan fingerprint density at radius 1 is 1.47 bits per heavy atom. The van der Waals surface area contributed by atoms with Crippen molar-refractivity contribution >= 4 is 11.8 Å². The van der Waals surface area contributed by atoms with Crippen LogP contribution in [0.3, 0.4) is 0 Å². The van der Waals surface area contributed by atoms with Crippen molar-refractivity contribution in [1.29, 1.82) is 0 Å². The van der Waals surface area contributed by atoms with Crippen LogP contribution in [-0.4, -0.2) is 32.6 Å². The molecule has 0 saturated carbocycles. The molecule has 2 N–H and O–H groups in total. The number of carbonyl (C=O) groups is 1. The summed E-state index contributed by atoms with van der Waals surface area (Å²) in [6, 6.07) is 5.84. The van der Waals surface area contributed by atoms with Crippen LogP contribution < -0.4 is 5.32 Å². The zero-order valence-corrected chi connectivity index (χ0v) is 9.88. The molecule has 0 spiro atoms. The molecule has 6 nitrogen and oxygen atoms in total. The molecule has 0 amide bonds. The van der Waals surface area contributed by atoms with Gasteiger partial charge in [0.15, 0.2) is 11.6 Å². The summed E-state index contributed by atoms with van der Waals surface area (Å²) >= 11 is 0. The van der Waals surface area contributed by atoms with Gasteiger partial charge in [-0.1, -0.05) is 18.2 Å². The first-order chi connectivity index (χ1) is 9.13.